The van der Waals surface area contributed by atoms with Gasteiger partial charge in [0.1, 0.15) is 23.4 Å². The van der Waals surface area contributed by atoms with Crippen molar-refractivity contribution in [3.63, 3.8) is 0 Å². The number of pyridine rings is 1. The molecule has 3 aromatic rings. The average molecular weight is 397 g/mol. The van der Waals surface area contributed by atoms with Crippen LogP contribution in [0, 0.1) is 5.41 Å². The van der Waals surface area contributed by atoms with Gasteiger partial charge in [0.05, 0.1) is 30.6 Å². The smallest absolute Gasteiger partial charge is 0.341 e. The van der Waals surface area contributed by atoms with Gasteiger partial charge in [0.15, 0.2) is 5.43 Å². The van der Waals surface area contributed by atoms with Crippen LogP contribution in [0.3, 0.4) is 0 Å². The zero-order valence-electron chi connectivity index (χ0n) is 16.5. The first kappa shape index (κ1) is 19.2. The third-order valence-electron chi connectivity index (χ3n) is 5.32. The number of hydrogen-bond donors (Lipinski definition) is 2. The van der Waals surface area contributed by atoms with Crippen molar-refractivity contribution in [1.82, 2.24) is 14.3 Å². The molecule has 29 heavy (non-hydrogen) atoms. The second-order valence-electron chi connectivity index (χ2n) is 8.29. The third-order valence-corrected chi connectivity index (χ3v) is 5.32. The second-order valence-corrected chi connectivity index (χ2v) is 8.29. The molecule has 8 nitrogen and oxygen atoms in total. The number of carboxylic acids is 1. The molecular weight excluding hydrogens is 374 g/mol. The van der Waals surface area contributed by atoms with E-state index in [9.17, 15) is 14.7 Å². The number of benzene rings is 1. The van der Waals surface area contributed by atoms with Crippen LogP contribution in [0.5, 0.6) is 5.75 Å². The third kappa shape index (κ3) is 3.09. The molecule has 0 amide bonds. The first-order valence-electron chi connectivity index (χ1n) is 9.45. The normalized spacial score (nSPS) is 15.8. The Labute approximate surface area is 167 Å². The number of aliphatic hydroxyl groups excluding tert-OH is 1. The molecule has 0 saturated heterocycles. The molecule has 0 fully saturated rings. The number of aromatic carboxylic acids is 1. The summed E-state index contributed by atoms with van der Waals surface area (Å²) < 4.78 is 9.38. The predicted molar refractivity (Wildman–Crippen MR) is 107 cm³/mol. The number of carboxylic acid groups (broad SMARTS) is 1. The van der Waals surface area contributed by atoms with E-state index in [1.165, 1.54) is 12.3 Å². The van der Waals surface area contributed by atoms with Crippen molar-refractivity contribution in [2.45, 2.75) is 33.4 Å². The number of carbonyl (C=O) groups is 1. The van der Waals surface area contributed by atoms with Crippen LogP contribution in [0.4, 0.5) is 0 Å². The predicted octanol–water partition coefficient (Wildman–Crippen LogP) is 2.54. The summed E-state index contributed by atoms with van der Waals surface area (Å²) in [7, 11) is 0. The Balaban J connectivity index is 2.01. The lowest BCUT2D eigenvalue weighted by Crippen LogP contribution is -2.35. The minimum Gasteiger partial charge on any atom is -0.489 e. The van der Waals surface area contributed by atoms with Gasteiger partial charge in [-0.15, -0.1) is 0 Å². The van der Waals surface area contributed by atoms with Crippen LogP contribution < -0.4 is 10.2 Å². The maximum Gasteiger partial charge on any atom is 0.341 e. The molecule has 1 atom stereocenters. The second kappa shape index (κ2) is 6.73. The highest BCUT2D eigenvalue weighted by Gasteiger charge is 2.35. The Morgan fingerprint density at radius 1 is 1.34 bits per heavy atom. The van der Waals surface area contributed by atoms with Gasteiger partial charge in [0.25, 0.3) is 0 Å². The molecule has 0 spiro atoms. The van der Waals surface area contributed by atoms with Crippen LogP contribution in [0.1, 0.15) is 37.2 Å². The van der Waals surface area contributed by atoms with Crippen molar-refractivity contribution in [1.29, 1.82) is 0 Å². The van der Waals surface area contributed by atoms with Crippen LogP contribution in [-0.2, 0) is 6.54 Å². The van der Waals surface area contributed by atoms with Crippen LogP contribution >= 0.6 is 0 Å². The highest BCUT2D eigenvalue weighted by Crippen LogP contribution is 2.42. The van der Waals surface area contributed by atoms with Crippen molar-refractivity contribution in [2.24, 2.45) is 5.41 Å². The van der Waals surface area contributed by atoms with Crippen molar-refractivity contribution >= 4 is 16.9 Å². The number of nitrogens with zero attached hydrogens (tertiary/aromatic N) is 3. The Morgan fingerprint density at radius 3 is 2.76 bits per heavy atom. The lowest BCUT2D eigenvalue weighted by molar-refractivity contribution is 0.0693. The number of rotatable bonds is 4. The highest BCUT2D eigenvalue weighted by molar-refractivity contribution is 5.96. The summed E-state index contributed by atoms with van der Waals surface area (Å²) in [6.45, 7) is 6.80. The molecule has 0 aliphatic carbocycles. The monoisotopic (exact) mass is 397 g/mol. The van der Waals surface area contributed by atoms with E-state index in [2.05, 4.69) is 20.8 Å². The van der Waals surface area contributed by atoms with Crippen molar-refractivity contribution in [3.05, 3.63) is 46.2 Å². The Morgan fingerprint density at radius 2 is 2.10 bits per heavy atom. The van der Waals surface area contributed by atoms with Gasteiger partial charge in [-0.2, -0.15) is 5.10 Å². The van der Waals surface area contributed by atoms with Crippen LogP contribution in [-0.4, -0.2) is 43.7 Å². The molecular formula is C21H23N3O5. The molecule has 4 rings (SSSR count). The number of aromatic nitrogens is 3. The van der Waals surface area contributed by atoms with E-state index in [1.54, 1.807) is 6.07 Å². The van der Waals surface area contributed by atoms with Crippen LogP contribution in [0.15, 0.2) is 35.3 Å². The first-order chi connectivity index (χ1) is 13.7. The van der Waals surface area contributed by atoms with Crippen LogP contribution in [0.2, 0.25) is 0 Å². The molecule has 1 aromatic carbocycles. The van der Waals surface area contributed by atoms with Gasteiger partial charge in [-0.25, -0.2) is 4.79 Å². The fourth-order valence-electron chi connectivity index (χ4n) is 3.90. The number of fused-ring (bicyclic) bond motifs is 5. The Bertz CT molecular complexity index is 1170. The summed E-state index contributed by atoms with van der Waals surface area (Å²) in [5.74, 6) is -0.677. The number of aliphatic hydroxyl groups is 1. The lowest BCUT2D eigenvalue weighted by atomic mass is 9.85. The van der Waals surface area contributed by atoms with E-state index in [1.807, 2.05) is 21.4 Å². The molecule has 3 heterocycles. The minimum atomic E-state index is -1.23. The van der Waals surface area contributed by atoms with Gasteiger partial charge in [-0.05, 0) is 11.5 Å². The van der Waals surface area contributed by atoms with Gasteiger partial charge in [0, 0.05) is 17.6 Å². The molecule has 8 heteroatoms. The summed E-state index contributed by atoms with van der Waals surface area (Å²) in [5.41, 5.74) is 1.05. The molecule has 0 unspecified atom stereocenters. The number of hydrogen-bond acceptors (Lipinski definition) is 5. The van der Waals surface area contributed by atoms with E-state index in [-0.39, 0.29) is 30.2 Å². The summed E-state index contributed by atoms with van der Waals surface area (Å²) in [6, 6.07) is 6.81. The summed E-state index contributed by atoms with van der Waals surface area (Å²) in [6.07, 6.45) is 1.45. The summed E-state index contributed by atoms with van der Waals surface area (Å²) in [4.78, 5) is 24.0. The van der Waals surface area contributed by atoms with Gasteiger partial charge >= 0.3 is 5.97 Å². The molecule has 0 saturated carbocycles. The van der Waals surface area contributed by atoms with Crippen molar-refractivity contribution in [2.75, 3.05) is 13.2 Å². The molecule has 2 N–H and O–H groups in total. The fourth-order valence-corrected chi connectivity index (χ4v) is 3.90. The van der Waals surface area contributed by atoms with Gasteiger partial charge < -0.3 is 19.5 Å². The number of ether oxygens (including phenoxy) is 1. The average Bonchev–Trinajstić information content (AvgIpc) is 3.03. The van der Waals surface area contributed by atoms with Crippen molar-refractivity contribution < 1.29 is 19.7 Å². The van der Waals surface area contributed by atoms with Gasteiger partial charge in [0.2, 0.25) is 0 Å². The largest absolute Gasteiger partial charge is 0.489 e. The van der Waals surface area contributed by atoms with E-state index < -0.39 is 11.4 Å². The molecule has 1 aliphatic heterocycles. The Hall–Kier alpha value is -3.13. The molecule has 152 valence electrons. The maximum absolute atomic E-state index is 12.5. The van der Waals surface area contributed by atoms with E-state index >= 15 is 0 Å². The quantitative estimate of drug-likeness (QED) is 0.701. The standard InChI is InChI=1S/C21H23N3O5/c1-21(2,3)17-11-24-19(14-9-15(26)13(20(27)28)10-23(14)17)12-5-4-6-16(18(12)22-24)29-8-7-25/h4-6,9-10,17,25H,7-8,11H2,1-3H3,(H,27,28)/t17-/m1/s1. The fraction of sp³-hybridized carbons (Fsp3) is 0.381. The van der Waals surface area contributed by atoms with Crippen molar-refractivity contribution in [3.8, 4) is 17.1 Å². The molecule has 1 aliphatic rings. The lowest BCUT2D eigenvalue weighted by Gasteiger charge is -2.38. The summed E-state index contributed by atoms with van der Waals surface area (Å²) in [5, 5.41) is 24.1. The molecule has 2 aromatic heterocycles. The SMILES string of the molecule is CC(C)(C)[C@H]1Cn2nc3c(OCCO)cccc3c2-c2cc(=O)c(C(=O)O)cn21. The van der Waals surface area contributed by atoms with E-state index in [0.29, 0.717) is 23.5 Å². The summed E-state index contributed by atoms with van der Waals surface area (Å²) >= 11 is 0. The van der Waals surface area contributed by atoms with Gasteiger partial charge in [-0.1, -0.05) is 32.9 Å². The minimum absolute atomic E-state index is 0.0974. The van der Waals surface area contributed by atoms with Gasteiger partial charge in [-0.3, -0.25) is 9.48 Å². The Kier molecular flexibility index (Phi) is 4.46. The topological polar surface area (TPSA) is 107 Å². The molecule has 0 radical (unpaired) electrons. The zero-order valence-corrected chi connectivity index (χ0v) is 16.5. The zero-order chi connectivity index (χ0) is 20.9. The van der Waals surface area contributed by atoms with E-state index in [4.69, 9.17) is 14.9 Å². The highest BCUT2D eigenvalue weighted by atomic mass is 16.5. The van der Waals surface area contributed by atoms with E-state index in [0.717, 1.165) is 11.1 Å². The first-order valence-corrected chi connectivity index (χ1v) is 9.45. The molecule has 0 bridgehead atoms. The van der Waals surface area contributed by atoms with Crippen LogP contribution in [0.25, 0.3) is 22.3 Å². The maximum atomic E-state index is 12.5.